The van der Waals surface area contributed by atoms with E-state index in [0.717, 1.165) is 33.9 Å². The van der Waals surface area contributed by atoms with Crippen LogP contribution in [0.2, 0.25) is 5.02 Å². The Hall–Kier alpha value is -2.85. The number of halogens is 1. The Balaban J connectivity index is 1.91. The molecule has 0 unspecified atom stereocenters. The summed E-state index contributed by atoms with van der Waals surface area (Å²) in [4.78, 5) is 16.2. The molecule has 0 spiro atoms. The fourth-order valence-corrected chi connectivity index (χ4v) is 3.16. The average molecular weight is 381 g/mol. The van der Waals surface area contributed by atoms with Crippen LogP contribution in [0.25, 0.3) is 5.69 Å². The summed E-state index contributed by atoms with van der Waals surface area (Å²) in [6, 6.07) is 15.2. The number of esters is 1. The smallest absolute Gasteiger partial charge is 0.337 e. The highest BCUT2D eigenvalue weighted by atomic mass is 35.5. The first-order valence-electron chi connectivity index (χ1n) is 8.58. The van der Waals surface area contributed by atoms with Crippen LogP contribution in [-0.4, -0.2) is 23.9 Å². The van der Waals surface area contributed by atoms with Gasteiger partial charge in [-0.25, -0.2) is 4.79 Å². The van der Waals surface area contributed by atoms with E-state index in [0.29, 0.717) is 10.6 Å². The normalized spacial score (nSPS) is 11.1. The van der Waals surface area contributed by atoms with E-state index in [1.54, 1.807) is 12.1 Å². The van der Waals surface area contributed by atoms with Gasteiger partial charge >= 0.3 is 5.97 Å². The molecule has 0 saturated heterocycles. The predicted molar refractivity (Wildman–Crippen MR) is 110 cm³/mol. The van der Waals surface area contributed by atoms with Crippen molar-refractivity contribution in [1.82, 2.24) is 4.57 Å². The van der Waals surface area contributed by atoms with Gasteiger partial charge in [-0.05, 0) is 68.8 Å². The Bertz CT molecular complexity index is 1020. The van der Waals surface area contributed by atoms with Crippen LogP contribution in [0, 0.1) is 20.8 Å². The molecule has 0 amide bonds. The van der Waals surface area contributed by atoms with Gasteiger partial charge in [-0.1, -0.05) is 17.7 Å². The largest absolute Gasteiger partial charge is 0.465 e. The molecule has 0 aliphatic carbocycles. The highest BCUT2D eigenvalue weighted by Gasteiger charge is 2.11. The Morgan fingerprint density at radius 3 is 2.41 bits per heavy atom. The minimum atomic E-state index is -0.341. The molecule has 0 atom stereocenters. The fraction of sp³-hybridized carbons (Fsp3) is 0.182. The second-order valence-electron chi connectivity index (χ2n) is 6.39. The number of methoxy groups -OCH3 is 1. The van der Waals surface area contributed by atoms with Crippen LogP contribution in [-0.2, 0) is 4.74 Å². The van der Waals surface area contributed by atoms with Gasteiger partial charge in [-0.3, -0.25) is 4.99 Å². The third kappa shape index (κ3) is 3.96. The van der Waals surface area contributed by atoms with Crippen molar-refractivity contribution in [2.24, 2.45) is 4.99 Å². The van der Waals surface area contributed by atoms with Gasteiger partial charge in [0.25, 0.3) is 0 Å². The molecule has 3 aromatic rings. The number of carbonyl (C=O) groups excluding carboxylic acids is 1. The summed E-state index contributed by atoms with van der Waals surface area (Å²) in [5.41, 5.74) is 6.54. The van der Waals surface area contributed by atoms with E-state index in [9.17, 15) is 4.79 Å². The van der Waals surface area contributed by atoms with Crippen molar-refractivity contribution < 1.29 is 9.53 Å². The monoisotopic (exact) mass is 380 g/mol. The van der Waals surface area contributed by atoms with E-state index in [2.05, 4.69) is 15.6 Å². The van der Waals surface area contributed by atoms with E-state index in [1.807, 2.05) is 57.3 Å². The zero-order chi connectivity index (χ0) is 19.6. The average Bonchev–Trinajstić information content (AvgIpc) is 2.95. The molecule has 3 rings (SSSR count). The van der Waals surface area contributed by atoms with Crippen molar-refractivity contribution in [3.8, 4) is 5.69 Å². The molecule has 0 bridgehead atoms. The molecule has 0 saturated carbocycles. The predicted octanol–water partition coefficient (Wildman–Crippen LogP) is 5.59. The number of ether oxygens (including phenoxy) is 1. The van der Waals surface area contributed by atoms with Crippen LogP contribution in [0.15, 0.2) is 53.5 Å². The van der Waals surface area contributed by atoms with E-state index in [1.165, 1.54) is 7.11 Å². The van der Waals surface area contributed by atoms with Crippen LogP contribution in [0.1, 0.15) is 32.9 Å². The lowest BCUT2D eigenvalue weighted by Gasteiger charge is -2.10. The third-order valence-corrected chi connectivity index (χ3v) is 4.93. The van der Waals surface area contributed by atoms with Gasteiger partial charge in [-0.15, -0.1) is 0 Å². The van der Waals surface area contributed by atoms with Crippen LogP contribution >= 0.6 is 11.6 Å². The number of aromatic nitrogens is 1. The lowest BCUT2D eigenvalue weighted by atomic mass is 10.2. The zero-order valence-corrected chi connectivity index (χ0v) is 16.5. The Kier molecular flexibility index (Phi) is 5.47. The first-order chi connectivity index (χ1) is 12.9. The lowest BCUT2D eigenvalue weighted by molar-refractivity contribution is 0.0601. The highest BCUT2D eigenvalue weighted by molar-refractivity contribution is 6.31. The van der Waals surface area contributed by atoms with Gasteiger partial charge in [0.1, 0.15) is 0 Å². The molecule has 0 N–H and O–H groups in total. The number of rotatable bonds is 4. The molecule has 0 aliphatic rings. The molecule has 27 heavy (non-hydrogen) atoms. The summed E-state index contributed by atoms with van der Waals surface area (Å²) in [5, 5.41) is 0.709. The van der Waals surface area contributed by atoms with Gasteiger partial charge in [-0.2, -0.15) is 0 Å². The quantitative estimate of drug-likeness (QED) is 0.437. The first-order valence-corrected chi connectivity index (χ1v) is 8.96. The molecule has 0 aliphatic heterocycles. The second-order valence-corrected chi connectivity index (χ2v) is 6.80. The number of carbonyl (C=O) groups is 1. The van der Waals surface area contributed by atoms with E-state index in [4.69, 9.17) is 16.3 Å². The van der Waals surface area contributed by atoms with Crippen molar-refractivity contribution in [2.75, 3.05) is 7.11 Å². The van der Waals surface area contributed by atoms with E-state index < -0.39 is 0 Å². The van der Waals surface area contributed by atoms with Crippen molar-refractivity contribution in [3.63, 3.8) is 0 Å². The minimum Gasteiger partial charge on any atom is -0.465 e. The van der Waals surface area contributed by atoms with Crippen LogP contribution in [0.5, 0.6) is 0 Å². The van der Waals surface area contributed by atoms with Gasteiger partial charge in [0, 0.05) is 33.9 Å². The Labute approximate surface area is 164 Å². The lowest BCUT2D eigenvalue weighted by Crippen LogP contribution is -2.03. The third-order valence-electron chi connectivity index (χ3n) is 4.53. The molecule has 5 heteroatoms. The van der Waals surface area contributed by atoms with Crippen LogP contribution in [0.4, 0.5) is 5.69 Å². The molecule has 0 radical (unpaired) electrons. The maximum absolute atomic E-state index is 11.6. The summed E-state index contributed by atoms with van der Waals surface area (Å²) >= 11 is 6.17. The summed E-state index contributed by atoms with van der Waals surface area (Å²) in [6.07, 6.45) is 1.85. The standard InChI is InChI=1S/C22H21ClN2O2/c1-14-5-8-19(12-21(14)23)24-13-18-11-15(2)25(16(18)3)20-9-6-17(7-10-20)22(26)27-4/h5-13H,1-4H3. The van der Waals surface area contributed by atoms with Crippen LogP contribution in [0.3, 0.4) is 0 Å². The van der Waals surface area contributed by atoms with Crippen molar-refractivity contribution in [3.05, 3.63) is 81.6 Å². The summed E-state index contributed by atoms with van der Waals surface area (Å²) < 4.78 is 6.88. The van der Waals surface area contributed by atoms with Crippen molar-refractivity contribution in [1.29, 1.82) is 0 Å². The summed E-state index contributed by atoms with van der Waals surface area (Å²) in [6.45, 7) is 6.06. The molecule has 0 fully saturated rings. The van der Waals surface area contributed by atoms with E-state index >= 15 is 0 Å². The van der Waals surface area contributed by atoms with Gasteiger partial charge in [0.15, 0.2) is 0 Å². The molecular formula is C22H21ClN2O2. The fourth-order valence-electron chi connectivity index (χ4n) is 2.99. The molecule has 1 heterocycles. The Morgan fingerprint density at radius 2 is 1.78 bits per heavy atom. The molecule has 2 aromatic carbocycles. The highest BCUT2D eigenvalue weighted by Crippen LogP contribution is 2.24. The topological polar surface area (TPSA) is 43.6 Å². The SMILES string of the molecule is COC(=O)c1ccc(-n2c(C)cc(C=Nc3ccc(C)c(Cl)c3)c2C)cc1. The molecular weight excluding hydrogens is 360 g/mol. The van der Waals surface area contributed by atoms with Crippen molar-refractivity contribution >= 4 is 29.5 Å². The number of benzene rings is 2. The number of hydrogen-bond acceptors (Lipinski definition) is 3. The molecule has 138 valence electrons. The van der Waals surface area contributed by atoms with Gasteiger partial charge < -0.3 is 9.30 Å². The van der Waals surface area contributed by atoms with Crippen molar-refractivity contribution in [2.45, 2.75) is 20.8 Å². The van der Waals surface area contributed by atoms with Gasteiger partial charge in [0.05, 0.1) is 18.4 Å². The molecule has 4 nitrogen and oxygen atoms in total. The number of aryl methyl sites for hydroxylation is 2. The molecule has 1 aromatic heterocycles. The number of nitrogens with zero attached hydrogens (tertiary/aromatic N) is 2. The number of aliphatic imine (C=N–C) groups is 1. The summed E-state index contributed by atoms with van der Waals surface area (Å²) in [7, 11) is 1.38. The second kappa shape index (κ2) is 7.80. The summed E-state index contributed by atoms with van der Waals surface area (Å²) in [5.74, 6) is -0.341. The maximum atomic E-state index is 11.6. The number of hydrogen-bond donors (Lipinski definition) is 0. The minimum absolute atomic E-state index is 0.341. The first kappa shape index (κ1) is 18.9. The van der Waals surface area contributed by atoms with Gasteiger partial charge in [0.2, 0.25) is 0 Å². The van der Waals surface area contributed by atoms with E-state index in [-0.39, 0.29) is 5.97 Å². The zero-order valence-electron chi connectivity index (χ0n) is 15.8. The maximum Gasteiger partial charge on any atom is 0.337 e. The van der Waals surface area contributed by atoms with Crippen LogP contribution < -0.4 is 0 Å². The Morgan fingerprint density at radius 1 is 1.07 bits per heavy atom.